The molecule has 2 nitrogen and oxygen atoms in total. The summed E-state index contributed by atoms with van der Waals surface area (Å²) in [6.45, 7) is 4.20. The highest BCUT2D eigenvalue weighted by atomic mass is 79.9. The first-order valence-electron chi connectivity index (χ1n) is 6.79. The van der Waals surface area contributed by atoms with Gasteiger partial charge < -0.3 is 5.32 Å². The molecule has 2 unspecified atom stereocenters. The molecule has 2 rings (SSSR count). The first-order valence-corrected chi connectivity index (χ1v) is 8.63. The number of rotatable bonds is 4. The lowest BCUT2D eigenvalue weighted by atomic mass is 10.1. The smallest absolute Gasteiger partial charge is 0.252 e. The number of benzene rings is 1. The van der Waals surface area contributed by atoms with Gasteiger partial charge in [-0.3, -0.25) is 4.79 Å². The number of thioether (sulfide) groups is 1. The molecule has 1 aromatic carbocycles. The summed E-state index contributed by atoms with van der Waals surface area (Å²) in [7, 11) is 0. The van der Waals surface area contributed by atoms with Crippen molar-refractivity contribution in [1.82, 2.24) is 5.32 Å². The Morgan fingerprint density at radius 2 is 2.26 bits per heavy atom. The van der Waals surface area contributed by atoms with Gasteiger partial charge in [0, 0.05) is 15.8 Å². The fraction of sp³-hybridized carbons (Fsp3) is 0.533. The molecule has 0 heterocycles. The lowest BCUT2D eigenvalue weighted by molar-refractivity contribution is 0.0937. The van der Waals surface area contributed by atoms with E-state index in [2.05, 4.69) is 28.2 Å². The van der Waals surface area contributed by atoms with E-state index in [0.717, 1.165) is 39.4 Å². The minimum atomic E-state index is 0.0442. The molecular weight excluding hydrogens is 322 g/mol. The van der Waals surface area contributed by atoms with Gasteiger partial charge in [-0.2, -0.15) is 11.8 Å². The molecule has 1 N–H and O–H groups in total. The second kappa shape index (κ2) is 6.80. The maximum atomic E-state index is 12.3. The van der Waals surface area contributed by atoms with E-state index in [9.17, 15) is 4.79 Å². The Morgan fingerprint density at radius 1 is 1.47 bits per heavy atom. The summed E-state index contributed by atoms with van der Waals surface area (Å²) in [6.07, 6.45) is 3.43. The van der Waals surface area contributed by atoms with Crippen LogP contribution in [-0.4, -0.2) is 23.0 Å². The number of hydrogen-bond donors (Lipinski definition) is 1. The fourth-order valence-electron chi connectivity index (χ4n) is 2.54. The maximum Gasteiger partial charge on any atom is 0.252 e. The van der Waals surface area contributed by atoms with Crippen LogP contribution in [-0.2, 0) is 0 Å². The third-order valence-corrected chi connectivity index (χ3v) is 5.84. The Kier molecular flexibility index (Phi) is 5.34. The molecule has 0 radical (unpaired) electrons. The Bertz CT molecular complexity index is 463. The highest BCUT2D eigenvalue weighted by Gasteiger charge is 2.26. The van der Waals surface area contributed by atoms with Crippen molar-refractivity contribution in [3.63, 3.8) is 0 Å². The van der Waals surface area contributed by atoms with Gasteiger partial charge >= 0.3 is 0 Å². The van der Waals surface area contributed by atoms with Crippen LogP contribution in [0.4, 0.5) is 0 Å². The SMILES string of the molecule is CCSC1CCC(NC(=O)c2cccc(C)c2Br)C1. The number of carbonyl (C=O) groups excluding carboxylic acids is 1. The Morgan fingerprint density at radius 3 is 3.00 bits per heavy atom. The molecule has 1 aliphatic rings. The number of amides is 1. The van der Waals surface area contributed by atoms with E-state index in [0.29, 0.717) is 6.04 Å². The predicted molar refractivity (Wildman–Crippen MR) is 85.9 cm³/mol. The van der Waals surface area contributed by atoms with Crippen LogP contribution in [0.2, 0.25) is 0 Å². The van der Waals surface area contributed by atoms with Gasteiger partial charge in [0.2, 0.25) is 0 Å². The number of nitrogens with one attached hydrogen (secondary N) is 1. The van der Waals surface area contributed by atoms with Gasteiger partial charge in [-0.05, 0) is 59.5 Å². The molecule has 1 aliphatic carbocycles. The zero-order valence-electron chi connectivity index (χ0n) is 11.4. The molecule has 2 atom stereocenters. The van der Waals surface area contributed by atoms with Crippen molar-refractivity contribution in [3.05, 3.63) is 33.8 Å². The molecule has 19 heavy (non-hydrogen) atoms. The third-order valence-electron chi connectivity index (χ3n) is 3.56. The van der Waals surface area contributed by atoms with Crippen LogP contribution >= 0.6 is 27.7 Å². The van der Waals surface area contributed by atoms with Gasteiger partial charge in [-0.15, -0.1) is 0 Å². The van der Waals surface area contributed by atoms with Crippen LogP contribution in [0, 0.1) is 6.92 Å². The molecule has 0 aliphatic heterocycles. The van der Waals surface area contributed by atoms with Crippen molar-refractivity contribution in [2.24, 2.45) is 0 Å². The van der Waals surface area contributed by atoms with Crippen LogP contribution in [0.5, 0.6) is 0 Å². The topological polar surface area (TPSA) is 29.1 Å². The summed E-state index contributed by atoms with van der Waals surface area (Å²) < 4.78 is 0.907. The summed E-state index contributed by atoms with van der Waals surface area (Å²) in [5.74, 6) is 1.21. The third kappa shape index (κ3) is 3.76. The fourth-order valence-corrected chi connectivity index (χ4v) is 4.13. The first-order chi connectivity index (χ1) is 9.11. The van der Waals surface area contributed by atoms with Crippen LogP contribution in [0.25, 0.3) is 0 Å². The van der Waals surface area contributed by atoms with E-state index in [-0.39, 0.29) is 5.91 Å². The van der Waals surface area contributed by atoms with Crippen LogP contribution in [0.1, 0.15) is 42.1 Å². The van der Waals surface area contributed by atoms with E-state index in [1.807, 2.05) is 36.9 Å². The van der Waals surface area contributed by atoms with Crippen molar-refractivity contribution in [2.75, 3.05) is 5.75 Å². The van der Waals surface area contributed by atoms with Crippen molar-refractivity contribution < 1.29 is 4.79 Å². The maximum absolute atomic E-state index is 12.3. The predicted octanol–water partition coefficient (Wildman–Crippen LogP) is 4.16. The molecule has 0 saturated heterocycles. The number of hydrogen-bond acceptors (Lipinski definition) is 2. The summed E-state index contributed by atoms with van der Waals surface area (Å²) in [5, 5.41) is 3.89. The molecule has 1 aromatic rings. The minimum absolute atomic E-state index is 0.0442. The number of carbonyl (C=O) groups is 1. The molecule has 1 fully saturated rings. The second-order valence-corrected chi connectivity index (χ2v) is 7.37. The quantitative estimate of drug-likeness (QED) is 0.890. The van der Waals surface area contributed by atoms with Gasteiger partial charge in [0.25, 0.3) is 5.91 Å². The van der Waals surface area contributed by atoms with Crippen LogP contribution in [0.15, 0.2) is 22.7 Å². The standard InChI is InChI=1S/C15H20BrNOS/c1-3-19-12-8-7-11(9-12)17-15(18)13-6-4-5-10(2)14(13)16/h4-6,11-12H,3,7-9H2,1-2H3,(H,17,18). The van der Waals surface area contributed by atoms with E-state index >= 15 is 0 Å². The van der Waals surface area contributed by atoms with Crippen LogP contribution in [0.3, 0.4) is 0 Å². The van der Waals surface area contributed by atoms with Gasteiger partial charge in [0.1, 0.15) is 0 Å². The minimum Gasteiger partial charge on any atom is -0.349 e. The molecular formula is C15H20BrNOS. The lowest BCUT2D eigenvalue weighted by Gasteiger charge is -2.14. The van der Waals surface area contributed by atoms with Crippen molar-refractivity contribution in [1.29, 1.82) is 0 Å². The van der Waals surface area contributed by atoms with Gasteiger partial charge in [-0.25, -0.2) is 0 Å². The van der Waals surface area contributed by atoms with Gasteiger partial charge in [0.05, 0.1) is 5.56 Å². The van der Waals surface area contributed by atoms with Crippen molar-refractivity contribution >= 4 is 33.6 Å². The normalized spacial score (nSPS) is 22.5. The van der Waals surface area contributed by atoms with E-state index < -0.39 is 0 Å². The Labute approximate surface area is 127 Å². The first kappa shape index (κ1) is 14.9. The van der Waals surface area contributed by atoms with Crippen molar-refractivity contribution in [3.8, 4) is 0 Å². The largest absolute Gasteiger partial charge is 0.349 e. The zero-order chi connectivity index (χ0) is 13.8. The Balaban J connectivity index is 1.97. The van der Waals surface area contributed by atoms with Crippen molar-refractivity contribution in [2.45, 2.75) is 44.4 Å². The van der Waals surface area contributed by atoms with Gasteiger partial charge in [-0.1, -0.05) is 19.1 Å². The summed E-state index contributed by atoms with van der Waals surface area (Å²) >= 11 is 5.51. The van der Waals surface area contributed by atoms with E-state index in [4.69, 9.17) is 0 Å². The summed E-state index contributed by atoms with van der Waals surface area (Å²) in [4.78, 5) is 12.3. The molecule has 0 spiro atoms. The van der Waals surface area contributed by atoms with E-state index in [1.54, 1.807) is 0 Å². The lowest BCUT2D eigenvalue weighted by Crippen LogP contribution is -2.33. The van der Waals surface area contributed by atoms with Gasteiger partial charge in [0.15, 0.2) is 0 Å². The average molecular weight is 342 g/mol. The number of halogens is 1. The molecule has 104 valence electrons. The Hall–Kier alpha value is -0.480. The highest BCUT2D eigenvalue weighted by molar-refractivity contribution is 9.10. The molecule has 0 bridgehead atoms. The molecule has 1 saturated carbocycles. The highest BCUT2D eigenvalue weighted by Crippen LogP contribution is 2.30. The van der Waals surface area contributed by atoms with Crippen LogP contribution < -0.4 is 5.32 Å². The summed E-state index contributed by atoms with van der Waals surface area (Å²) in [6, 6.07) is 6.15. The second-order valence-electron chi connectivity index (χ2n) is 5.00. The molecule has 0 aromatic heterocycles. The molecule has 4 heteroatoms. The molecule has 1 amide bonds. The zero-order valence-corrected chi connectivity index (χ0v) is 13.8. The van der Waals surface area contributed by atoms with E-state index in [1.165, 1.54) is 6.42 Å². The average Bonchev–Trinajstić information content (AvgIpc) is 2.80. The number of aryl methyl sites for hydroxylation is 1. The summed E-state index contributed by atoms with van der Waals surface area (Å²) in [5.41, 5.74) is 1.84. The monoisotopic (exact) mass is 341 g/mol.